The van der Waals surface area contributed by atoms with Gasteiger partial charge in [0, 0.05) is 23.3 Å². The van der Waals surface area contributed by atoms with Gasteiger partial charge in [-0.3, -0.25) is 9.97 Å². The molecule has 0 aliphatic carbocycles. The van der Waals surface area contributed by atoms with Crippen LogP contribution in [0, 0.1) is 0 Å². The molecule has 0 unspecified atom stereocenters. The number of aromatic nitrogens is 2. The van der Waals surface area contributed by atoms with Crippen molar-refractivity contribution in [2.75, 3.05) is 0 Å². The normalized spacial score (nSPS) is 12.2. The van der Waals surface area contributed by atoms with Crippen molar-refractivity contribution in [2.45, 2.75) is 6.92 Å². The van der Waals surface area contributed by atoms with Crippen LogP contribution in [0.5, 0.6) is 0 Å². The summed E-state index contributed by atoms with van der Waals surface area (Å²) in [5.74, 6) is 0. The zero-order chi connectivity index (χ0) is 26.8. The molecule has 0 amide bonds. The first kappa shape index (κ1) is 24.3. The molecular weight excluding hydrogens is 472 g/mol. The quantitative estimate of drug-likeness (QED) is 0.240. The van der Waals surface area contributed by atoms with E-state index in [4.69, 9.17) is 0 Å². The average Bonchev–Trinajstić information content (AvgIpc) is 2.99. The largest absolute Gasteiger partial charge is 0.256 e. The summed E-state index contributed by atoms with van der Waals surface area (Å²) < 4.78 is 0. The summed E-state index contributed by atoms with van der Waals surface area (Å²) in [7, 11) is 0. The van der Waals surface area contributed by atoms with Crippen LogP contribution < -0.4 is 10.4 Å². The van der Waals surface area contributed by atoms with Crippen molar-refractivity contribution in [1.82, 2.24) is 9.97 Å². The molecule has 186 valence electrons. The smallest absolute Gasteiger partial charge is 0.0702 e. The number of rotatable bonds is 5. The van der Waals surface area contributed by atoms with E-state index in [0.717, 1.165) is 60.2 Å². The summed E-state index contributed by atoms with van der Waals surface area (Å²) in [4.78, 5) is 8.96. The lowest BCUT2D eigenvalue weighted by molar-refractivity contribution is 1.33. The van der Waals surface area contributed by atoms with Crippen LogP contribution in [-0.4, -0.2) is 9.97 Å². The first-order chi connectivity index (χ1) is 19.2. The average molecular weight is 501 g/mol. The third-order valence-corrected chi connectivity index (χ3v) is 7.23. The number of nitrogens with zero attached hydrogens (tertiary/aromatic N) is 2. The van der Waals surface area contributed by atoms with E-state index < -0.39 is 0 Å². The molecule has 2 aromatic heterocycles. The van der Waals surface area contributed by atoms with Crippen LogP contribution in [0.3, 0.4) is 0 Å². The Bertz CT molecular complexity index is 1980. The van der Waals surface area contributed by atoms with Gasteiger partial charge in [0.15, 0.2) is 0 Å². The van der Waals surface area contributed by atoms with Crippen molar-refractivity contribution in [1.29, 1.82) is 0 Å². The molecule has 0 fully saturated rings. The highest BCUT2D eigenvalue weighted by molar-refractivity contribution is 6.02. The lowest BCUT2D eigenvalue weighted by atomic mass is 9.91. The van der Waals surface area contributed by atoms with Crippen molar-refractivity contribution in [3.8, 4) is 22.4 Å². The van der Waals surface area contributed by atoms with Crippen molar-refractivity contribution in [2.24, 2.45) is 0 Å². The van der Waals surface area contributed by atoms with Crippen molar-refractivity contribution in [3.05, 3.63) is 150 Å². The van der Waals surface area contributed by atoms with E-state index >= 15 is 0 Å². The zero-order valence-electron chi connectivity index (χ0n) is 21.9. The Balaban J connectivity index is 1.56. The molecular formula is C37H28N2. The van der Waals surface area contributed by atoms with E-state index in [1.807, 2.05) is 49.7 Å². The van der Waals surface area contributed by atoms with Crippen molar-refractivity contribution in [3.63, 3.8) is 0 Å². The van der Waals surface area contributed by atoms with E-state index in [1.165, 1.54) is 10.9 Å². The van der Waals surface area contributed by atoms with Crippen LogP contribution in [0.15, 0.2) is 128 Å². The number of benzene rings is 4. The second kappa shape index (κ2) is 10.4. The standard InChI is InChI=1S/C37H28N2/c1-4-9-28-16-18-33(26-12-14-27(15-13-26)35-11-6-7-22-38-35)34-20-19-32(25(3)37(28)34)31(5-2)29-17-21-36-30(24-29)10-8-23-39-36/h4-24H,2-3H2,1H3/b9-4-,32-31+. The predicted octanol–water partition coefficient (Wildman–Crippen LogP) is 7.95. The van der Waals surface area contributed by atoms with Gasteiger partial charge in [-0.25, -0.2) is 0 Å². The summed E-state index contributed by atoms with van der Waals surface area (Å²) in [6, 6.07) is 33.8. The Labute approximate surface area is 228 Å². The van der Waals surface area contributed by atoms with E-state index in [9.17, 15) is 0 Å². The van der Waals surface area contributed by atoms with Gasteiger partial charge in [0.25, 0.3) is 0 Å². The van der Waals surface area contributed by atoms with Gasteiger partial charge in [-0.2, -0.15) is 0 Å². The van der Waals surface area contributed by atoms with Crippen LogP contribution in [0.4, 0.5) is 0 Å². The fraction of sp³-hybridized carbons (Fsp3) is 0.0270. The highest BCUT2D eigenvalue weighted by Gasteiger charge is 2.11. The Morgan fingerprint density at radius 1 is 0.769 bits per heavy atom. The molecule has 39 heavy (non-hydrogen) atoms. The molecule has 0 aliphatic heterocycles. The van der Waals surface area contributed by atoms with Gasteiger partial charge in [0.05, 0.1) is 11.2 Å². The monoisotopic (exact) mass is 500 g/mol. The molecule has 0 bridgehead atoms. The lowest BCUT2D eigenvalue weighted by Gasteiger charge is -2.13. The maximum atomic E-state index is 4.61. The SMILES string of the molecule is C=C/C(c1ccc2ncccc2c1)=c1/ccc2c(-c3ccc(-c4ccccn4)cc3)ccc(/C=C\C)c2c1=C. The predicted molar refractivity (Wildman–Crippen MR) is 167 cm³/mol. The maximum absolute atomic E-state index is 4.61. The summed E-state index contributed by atoms with van der Waals surface area (Å²) >= 11 is 0. The van der Waals surface area contributed by atoms with E-state index in [0.29, 0.717) is 0 Å². The lowest BCUT2D eigenvalue weighted by Crippen LogP contribution is -2.27. The minimum Gasteiger partial charge on any atom is -0.256 e. The van der Waals surface area contributed by atoms with Gasteiger partial charge < -0.3 is 0 Å². The topological polar surface area (TPSA) is 25.8 Å². The Hall–Kier alpha value is -5.08. The van der Waals surface area contributed by atoms with Crippen LogP contribution in [0.25, 0.3) is 62.3 Å². The molecule has 2 nitrogen and oxygen atoms in total. The molecule has 6 aromatic rings. The number of fused-ring (bicyclic) bond motifs is 2. The van der Waals surface area contributed by atoms with Gasteiger partial charge in [-0.15, -0.1) is 0 Å². The molecule has 0 saturated carbocycles. The van der Waals surface area contributed by atoms with Crippen molar-refractivity contribution >= 4 is 39.9 Å². The zero-order valence-corrected chi connectivity index (χ0v) is 21.9. The second-order valence-electron chi connectivity index (χ2n) is 9.54. The van der Waals surface area contributed by atoms with Gasteiger partial charge in [-0.05, 0) is 86.3 Å². The molecule has 2 heterocycles. The highest BCUT2D eigenvalue weighted by Crippen LogP contribution is 2.31. The number of hydrogen-bond acceptors (Lipinski definition) is 2. The van der Waals surface area contributed by atoms with E-state index in [2.05, 4.69) is 108 Å². The Morgan fingerprint density at radius 3 is 2.36 bits per heavy atom. The highest BCUT2D eigenvalue weighted by atomic mass is 14.7. The van der Waals surface area contributed by atoms with E-state index in [-0.39, 0.29) is 0 Å². The van der Waals surface area contributed by atoms with Crippen LogP contribution in [0.1, 0.15) is 18.1 Å². The molecule has 0 aliphatic rings. The van der Waals surface area contributed by atoms with E-state index in [1.54, 1.807) is 0 Å². The minimum atomic E-state index is 0.971. The Morgan fingerprint density at radius 2 is 1.59 bits per heavy atom. The summed E-state index contributed by atoms with van der Waals surface area (Å²) in [6.45, 7) is 10.8. The molecule has 6 rings (SSSR count). The van der Waals surface area contributed by atoms with Gasteiger partial charge in [0.1, 0.15) is 0 Å². The molecule has 0 atom stereocenters. The van der Waals surface area contributed by atoms with Crippen LogP contribution in [0.2, 0.25) is 0 Å². The third-order valence-electron chi connectivity index (χ3n) is 7.23. The molecule has 0 spiro atoms. The molecule has 4 aromatic carbocycles. The van der Waals surface area contributed by atoms with Gasteiger partial charge in [-0.1, -0.05) is 98.1 Å². The fourth-order valence-electron chi connectivity index (χ4n) is 5.35. The summed E-state index contributed by atoms with van der Waals surface area (Å²) in [6.07, 6.45) is 9.82. The first-order valence-electron chi connectivity index (χ1n) is 13.1. The summed E-state index contributed by atoms with van der Waals surface area (Å²) in [5, 5.41) is 5.50. The summed E-state index contributed by atoms with van der Waals surface area (Å²) in [5.41, 5.74) is 8.70. The third kappa shape index (κ3) is 4.47. The molecule has 2 heteroatoms. The minimum absolute atomic E-state index is 0.971. The number of allylic oxidation sites excluding steroid dienone is 2. The number of hydrogen-bond donors (Lipinski definition) is 0. The van der Waals surface area contributed by atoms with Gasteiger partial charge in [0.2, 0.25) is 0 Å². The van der Waals surface area contributed by atoms with Crippen molar-refractivity contribution < 1.29 is 0 Å². The Kier molecular flexibility index (Phi) is 6.44. The second-order valence-corrected chi connectivity index (χ2v) is 9.54. The number of pyridine rings is 2. The van der Waals surface area contributed by atoms with Crippen LogP contribution in [-0.2, 0) is 0 Å². The molecule has 0 N–H and O–H groups in total. The van der Waals surface area contributed by atoms with Crippen LogP contribution >= 0.6 is 0 Å². The molecule has 0 radical (unpaired) electrons. The fourth-order valence-corrected chi connectivity index (χ4v) is 5.35. The maximum Gasteiger partial charge on any atom is 0.0702 e. The van der Waals surface area contributed by atoms with Gasteiger partial charge >= 0.3 is 0 Å². The first-order valence-corrected chi connectivity index (χ1v) is 13.1. The molecule has 0 saturated heterocycles.